The summed E-state index contributed by atoms with van der Waals surface area (Å²) >= 11 is 0. The van der Waals surface area contributed by atoms with Crippen LogP contribution in [0.15, 0.2) is 0 Å². The number of nitrogens with zero attached hydrogens (tertiary/aromatic N) is 1. The summed E-state index contributed by atoms with van der Waals surface area (Å²) in [6.07, 6.45) is 2.81. The van der Waals surface area contributed by atoms with Crippen molar-refractivity contribution in [2.24, 2.45) is 0 Å². The topological polar surface area (TPSA) is 15.3 Å². The summed E-state index contributed by atoms with van der Waals surface area (Å²) in [4.78, 5) is 2.48. The van der Waals surface area contributed by atoms with Crippen molar-refractivity contribution >= 4 is 0 Å². The predicted molar refractivity (Wildman–Crippen MR) is 37.4 cm³/mol. The van der Waals surface area contributed by atoms with Crippen molar-refractivity contribution in [3.05, 3.63) is 0 Å². The minimum Gasteiger partial charge on any atom is -0.311 e. The second kappa shape index (κ2) is 1.96. The molecule has 0 amide bonds. The van der Waals surface area contributed by atoms with Gasteiger partial charge in [0, 0.05) is 25.2 Å². The standard InChI is InChI=1S/C7H14N2/c1-9-5-6-2-3-7(9)4-8-6/h6-8H,2-5H2,1H3/t6-,7?/m1/s1. The molecule has 0 aliphatic carbocycles. The zero-order chi connectivity index (χ0) is 6.27. The first-order valence-electron chi connectivity index (χ1n) is 3.80. The average Bonchev–Trinajstić information content (AvgIpc) is 1.90. The van der Waals surface area contributed by atoms with E-state index in [1.165, 1.54) is 25.9 Å². The Bertz CT molecular complexity index is 105. The Balaban J connectivity index is 2.06. The summed E-state index contributed by atoms with van der Waals surface area (Å²) in [5.41, 5.74) is 0. The van der Waals surface area contributed by atoms with Gasteiger partial charge in [-0.25, -0.2) is 0 Å². The van der Waals surface area contributed by atoms with Gasteiger partial charge in [0.25, 0.3) is 0 Å². The Labute approximate surface area is 56.2 Å². The van der Waals surface area contributed by atoms with Gasteiger partial charge in [0.15, 0.2) is 0 Å². The van der Waals surface area contributed by atoms with Crippen molar-refractivity contribution in [3.63, 3.8) is 0 Å². The lowest BCUT2D eigenvalue weighted by Crippen LogP contribution is -2.59. The van der Waals surface area contributed by atoms with E-state index >= 15 is 0 Å². The van der Waals surface area contributed by atoms with Crippen LogP contribution < -0.4 is 5.32 Å². The number of likely N-dealkylation sites (N-methyl/N-ethyl adjacent to an activating group) is 1. The lowest BCUT2D eigenvalue weighted by molar-refractivity contribution is 0.101. The molecule has 2 atom stereocenters. The van der Waals surface area contributed by atoms with Gasteiger partial charge in [-0.2, -0.15) is 0 Å². The van der Waals surface area contributed by atoms with Crippen LogP contribution in [0.3, 0.4) is 0 Å². The molecule has 3 aliphatic rings. The summed E-state index contributed by atoms with van der Waals surface area (Å²) in [6, 6.07) is 1.65. The van der Waals surface area contributed by atoms with Crippen LogP contribution in [-0.2, 0) is 0 Å². The summed E-state index contributed by atoms with van der Waals surface area (Å²) < 4.78 is 0. The molecule has 1 N–H and O–H groups in total. The first-order chi connectivity index (χ1) is 4.36. The Morgan fingerprint density at radius 3 is 2.56 bits per heavy atom. The van der Waals surface area contributed by atoms with Gasteiger partial charge in [0.1, 0.15) is 0 Å². The van der Waals surface area contributed by atoms with Gasteiger partial charge >= 0.3 is 0 Å². The predicted octanol–water partition coefficient (Wildman–Crippen LogP) is 0.0524. The maximum atomic E-state index is 3.51. The van der Waals surface area contributed by atoms with Gasteiger partial charge in [-0.15, -0.1) is 0 Å². The summed E-state index contributed by atoms with van der Waals surface area (Å²) in [6.45, 7) is 2.49. The third kappa shape index (κ3) is 0.864. The fourth-order valence-corrected chi connectivity index (χ4v) is 1.93. The molecule has 3 rings (SSSR count). The largest absolute Gasteiger partial charge is 0.311 e. The normalized spacial score (nSPS) is 43.7. The van der Waals surface area contributed by atoms with E-state index in [0.717, 1.165) is 12.1 Å². The maximum Gasteiger partial charge on any atom is 0.0218 e. The number of piperazine rings is 1. The van der Waals surface area contributed by atoms with Crippen molar-refractivity contribution in [1.82, 2.24) is 10.2 Å². The van der Waals surface area contributed by atoms with Crippen LogP contribution in [0.4, 0.5) is 0 Å². The summed E-state index contributed by atoms with van der Waals surface area (Å²) in [5, 5.41) is 3.51. The molecule has 3 heterocycles. The SMILES string of the molecule is CN1C[C@H]2CCC1CN2. The van der Waals surface area contributed by atoms with E-state index in [0.29, 0.717) is 0 Å². The minimum absolute atomic E-state index is 0.806. The maximum absolute atomic E-state index is 3.51. The Morgan fingerprint density at radius 1 is 1.44 bits per heavy atom. The molecule has 1 unspecified atom stereocenters. The molecule has 3 saturated heterocycles. The summed E-state index contributed by atoms with van der Waals surface area (Å²) in [5.74, 6) is 0. The number of piperidine rings is 2. The van der Waals surface area contributed by atoms with E-state index in [1.54, 1.807) is 0 Å². The van der Waals surface area contributed by atoms with Crippen molar-refractivity contribution in [3.8, 4) is 0 Å². The fraction of sp³-hybridized carbons (Fsp3) is 1.00. The van der Waals surface area contributed by atoms with Gasteiger partial charge in [0.05, 0.1) is 0 Å². The third-order valence-corrected chi connectivity index (χ3v) is 2.62. The monoisotopic (exact) mass is 126 g/mol. The molecule has 0 saturated carbocycles. The highest BCUT2D eigenvalue weighted by Gasteiger charge is 2.30. The lowest BCUT2D eigenvalue weighted by atomic mass is 9.94. The van der Waals surface area contributed by atoms with Crippen LogP contribution in [0.25, 0.3) is 0 Å². The van der Waals surface area contributed by atoms with E-state index in [1.807, 2.05) is 0 Å². The van der Waals surface area contributed by atoms with Gasteiger partial charge in [-0.1, -0.05) is 0 Å². The number of nitrogens with one attached hydrogen (secondary N) is 1. The number of hydrogen-bond acceptors (Lipinski definition) is 2. The molecule has 3 aliphatic heterocycles. The molecule has 0 aromatic rings. The van der Waals surface area contributed by atoms with Crippen LogP contribution in [0.5, 0.6) is 0 Å². The lowest BCUT2D eigenvalue weighted by Gasteiger charge is -2.44. The van der Waals surface area contributed by atoms with Crippen molar-refractivity contribution < 1.29 is 0 Å². The first-order valence-corrected chi connectivity index (χ1v) is 3.80. The zero-order valence-corrected chi connectivity index (χ0v) is 5.93. The van der Waals surface area contributed by atoms with Crippen LogP contribution in [0.2, 0.25) is 0 Å². The Kier molecular flexibility index (Phi) is 1.24. The van der Waals surface area contributed by atoms with Gasteiger partial charge in [-0.3, -0.25) is 0 Å². The Morgan fingerprint density at radius 2 is 2.33 bits per heavy atom. The molecule has 2 bridgehead atoms. The van der Waals surface area contributed by atoms with E-state index in [-0.39, 0.29) is 0 Å². The highest BCUT2D eigenvalue weighted by molar-refractivity contribution is 4.90. The smallest absolute Gasteiger partial charge is 0.0218 e. The number of hydrogen-bond donors (Lipinski definition) is 1. The van der Waals surface area contributed by atoms with E-state index in [9.17, 15) is 0 Å². The zero-order valence-electron chi connectivity index (χ0n) is 5.93. The molecule has 9 heavy (non-hydrogen) atoms. The fourth-order valence-electron chi connectivity index (χ4n) is 1.93. The first kappa shape index (κ1) is 5.69. The average molecular weight is 126 g/mol. The molecule has 3 fully saturated rings. The molecule has 0 aromatic carbocycles. The molecule has 52 valence electrons. The van der Waals surface area contributed by atoms with Gasteiger partial charge in [0.2, 0.25) is 0 Å². The van der Waals surface area contributed by atoms with Crippen LogP contribution in [-0.4, -0.2) is 37.1 Å². The van der Waals surface area contributed by atoms with Crippen molar-refractivity contribution in [2.75, 3.05) is 20.1 Å². The molecular weight excluding hydrogens is 112 g/mol. The molecular formula is C7H14N2. The minimum atomic E-state index is 0.806. The molecule has 2 heteroatoms. The van der Waals surface area contributed by atoms with Crippen LogP contribution >= 0.6 is 0 Å². The highest BCUT2D eigenvalue weighted by Crippen LogP contribution is 2.19. The molecule has 0 spiro atoms. The molecule has 0 aromatic heterocycles. The van der Waals surface area contributed by atoms with E-state index in [2.05, 4.69) is 17.3 Å². The number of rotatable bonds is 0. The Hall–Kier alpha value is -0.0800. The van der Waals surface area contributed by atoms with E-state index in [4.69, 9.17) is 0 Å². The van der Waals surface area contributed by atoms with Crippen LogP contribution in [0, 0.1) is 0 Å². The highest BCUT2D eigenvalue weighted by atomic mass is 15.2. The quantitative estimate of drug-likeness (QED) is 0.493. The number of fused-ring (bicyclic) bond motifs is 3. The molecule has 2 nitrogen and oxygen atoms in total. The van der Waals surface area contributed by atoms with Gasteiger partial charge in [-0.05, 0) is 19.9 Å². The molecule has 0 radical (unpaired) electrons. The van der Waals surface area contributed by atoms with Crippen molar-refractivity contribution in [1.29, 1.82) is 0 Å². The summed E-state index contributed by atoms with van der Waals surface area (Å²) in [7, 11) is 2.23. The van der Waals surface area contributed by atoms with E-state index < -0.39 is 0 Å². The second-order valence-corrected chi connectivity index (χ2v) is 3.28. The second-order valence-electron chi connectivity index (χ2n) is 3.28. The third-order valence-electron chi connectivity index (χ3n) is 2.62. The van der Waals surface area contributed by atoms with Gasteiger partial charge < -0.3 is 10.2 Å². The van der Waals surface area contributed by atoms with Crippen LogP contribution in [0.1, 0.15) is 12.8 Å². The van der Waals surface area contributed by atoms with Crippen molar-refractivity contribution in [2.45, 2.75) is 24.9 Å².